The Labute approximate surface area is 140 Å². The van der Waals surface area contributed by atoms with Crippen LogP contribution < -0.4 is 10.4 Å². The van der Waals surface area contributed by atoms with Gasteiger partial charge in [-0.3, -0.25) is 4.79 Å². The van der Waals surface area contributed by atoms with Crippen molar-refractivity contribution in [3.05, 3.63) is 40.2 Å². The van der Waals surface area contributed by atoms with E-state index in [1.54, 1.807) is 25.3 Å². The van der Waals surface area contributed by atoms with Crippen LogP contribution in [0.5, 0.6) is 5.75 Å². The molecule has 0 unspecified atom stereocenters. The van der Waals surface area contributed by atoms with Crippen LogP contribution in [0, 0.1) is 5.92 Å². The van der Waals surface area contributed by atoms with Gasteiger partial charge in [-0.05, 0) is 30.9 Å². The number of benzene rings is 1. The van der Waals surface area contributed by atoms with Gasteiger partial charge in [-0.1, -0.05) is 19.3 Å². The molecule has 1 aromatic heterocycles. The lowest BCUT2D eigenvalue weighted by molar-refractivity contribution is -0.146. The Morgan fingerprint density at radius 2 is 2.00 bits per heavy atom. The molecule has 1 heterocycles. The van der Waals surface area contributed by atoms with Gasteiger partial charge in [0.2, 0.25) is 0 Å². The van der Waals surface area contributed by atoms with Crippen molar-refractivity contribution in [3.8, 4) is 5.75 Å². The highest BCUT2D eigenvalue weighted by atomic mass is 16.5. The molecule has 128 valence electrons. The summed E-state index contributed by atoms with van der Waals surface area (Å²) in [5, 5.41) is 0.751. The summed E-state index contributed by atoms with van der Waals surface area (Å²) in [4.78, 5) is 23.8. The van der Waals surface area contributed by atoms with Crippen molar-refractivity contribution in [2.45, 2.75) is 45.1 Å². The van der Waals surface area contributed by atoms with Crippen molar-refractivity contribution >= 4 is 16.9 Å². The Bertz CT molecular complexity index is 771. The van der Waals surface area contributed by atoms with Crippen molar-refractivity contribution in [1.82, 2.24) is 0 Å². The number of ether oxygens (including phenoxy) is 2. The van der Waals surface area contributed by atoms with Gasteiger partial charge in [0, 0.05) is 29.5 Å². The van der Waals surface area contributed by atoms with E-state index in [-0.39, 0.29) is 12.6 Å². The predicted molar refractivity (Wildman–Crippen MR) is 90.0 cm³/mol. The van der Waals surface area contributed by atoms with E-state index in [4.69, 9.17) is 13.9 Å². The van der Waals surface area contributed by atoms with Crippen LogP contribution in [-0.4, -0.2) is 13.1 Å². The molecular formula is C19H22O5. The summed E-state index contributed by atoms with van der Waals surface area (Å²) in [6.07, 6.45) is 6.34. The van der Waals surface area contributed by atoms with Crippen molar-refractivity contribution in [2.24, 2.45) is 5.92 Å². The first-order chi connectivity index (χ1) is 11.7. The minimum absolute atomic E-state index is 0.0833. The number of hydrogen-bond donors (Lipinski definition) is 0. The van der Waals surface area contributed by atoms with Gasteiger partial charge in [0.1, 0.15) is 17.9 Å². The van der Waals surface area contributed by atoms with E-state index < -0.39 is 5.63 Å². The third kappa shape index (κ3) is 3.96. The highest BCUT2D eigenvalue weighted by Crippen LogP contribution is 2.27. The number of hydrogen-bond acceptors (Lipinski definition) is 5. The fraction of sp³-hybridized carbons (Fsp3) is 0.474. The molecule has 0 atom stereocenters. The number of carbonyl (C=O) groups is 1. The summed E-state index contributed by atoms with van der Waals surface area (Å²) >= 11 is 0. The molecule has 1 aliphatic rings. The maximum Gasteiger partial charge on any atom is 0.336 e. The summed E-state index contributed by atoms with van der Waals surface area (Å²) in [6, 6.07) is 6.63. The molecule has 0 amide bonds. The molecule has 0 N–H and O–H groups in total. The quantitative estimate of drug-likeness (QED) is 0.616. The summed E-state index contributed by atoms with van der Waals surface area (Å²) in [5.41, 5.74) is 0.621. The largest absolute Gasteiger partial charge is 0.497 e. The standard InChI is InChI=1S/C19H22O5/c1-22-15-7-8-16-14(10-19(21)24-17(16)11-15)12-23-18(20)9-13-5-3-2-4-6-13/h7-8,10-11,13H,2-6,9,12H2,1H3. The molecule has 24 heavy (non-hydrogen) atoms. The van der Waals surface area contributed by atoms with Gasteiger partial charge >= 0.3 is 11.6 Å². The van der Waals surface area contributed by atoms with Crippen molar-refractivity contribution in [3.63, 3.8) is 0 Å². The third-order valence-corrected chi connectivity index (χ3v) is 4.61. The van der Waals surface area contributed by atoms with Crippen LogP contribution in [0.2, 0.25) is 0 Å². The second kappa shape index (κ2) is 7.51. The Morgan fingerprint density at radius 1 is 1.21 bits per heavy atom. The Balaban J connectivity index is 1.70. The average Bonchev–Trinajstić information content (AvgIpc) is 2.59. The molecule has 1 fully saturated rings. The molecular weight excluding hydrogens is 308 g/mol. The summed E-state index contributed by atoms with van der Waals surface area (Å²) < 4.78 is 15.7. The van der Waals surface area contributed by atoms with Crippen LogP contribution in [0.4, 0.5) is 0 Å². The zero-order chi connectivity index (χ0) is 16.9. The predicted octanol–water partition coefficient (Wildman–Crippen LogP) is 3.82. The number of methoxy groups -OCH3 is 1. The first-order valence-corrected chi connectivity index (χ1v) is 8.42. The molecule has 1 aromatic carbocycles. The number of fused-ring (bicyclic) bond motifs is 1. The molecule has 0 aliphatic heterocycles. The van der Waals surface area contributed by atoms with Gasteiger partial charge in [0.25, 0.3) is 0 Å². The van der Waals surface area contributed by atoms with E-state index >= 15 is 0 Å². The maximum atomic E-state index is 12.1. The van der Waals surface area contributed by atoms with Gasteiger partial charge in [0.15, 0.2) is 0 Å². The lowest BCUT2D eigenvalue weighted by Gasteiger charge is -2.20. The molecule has 1 aliphatic carbocycles. The molecule has 0 bridgehead atoms. The number of esters is 1. The zero-order valence-electron chi connectivity index (χ0n) is 13.9. The van der Waals surface area contributed by atoms with Crippen molar-refractivity contribution in [2.75, 3.05) is 7.11 Å². The number of carbonyl (C=O) groups excluding carboxylic acids is 1. The van der Waals surface area contributed by atoms with Crippen LogP contribution in [0.25, 0.3) is 11.0 Å². The maximum absolute atomic E-state index is 12.1. The third-order valence-electron chi connectivity index (χ3n) is 4.61. The fourth-order valence-electron chi connectivity index (χ4n) is 3.30. The zero-order valence-corrected chi connectivity index (χ0v) is 13.9. The lowest BCUT2D eigenvalue weighted by atomic mass is 9.87. The molecule has 0 saturated heterocycles. The van der Waals surface area contributed by atoms with E-state index in [0.717, 1.165) is 18.2 Å². The second-order valence-corrected chi connectivity index (χ2v) is 6.32. The summed E-state index contributed by atoms with van der Waals surface area (Å²) in [6.45, 7) is 0.0833. The van der Waals surface area contributed by atoms with Gasteiger partial charge in [-0.2, -0.15) is 0 Å². The van der Waals surface area contributed by atoms with Crippen LogP contribution in [0.3, 0.4) is 0 Å². The van der Waals surface area contributed by atoms with Gasteiger partial charge < -0.3 is 13.9 Å². The van der Waals surface area contributed by atoms with Gasteiger partial charge in [-0.15, -0.1) is 0 Å². The fourth-order valence-corrected chi connectivity index (χ4v) is 3.30. The minimum Gasteiger partial charge on any atom is -0.497 e. The normalized spacial score (nSPS) is 15.4. The van der Waals surface area contributed by atoms with Crippen LogP contribution in [0.1, 0.15) is 44.1 Å². The number of rotatable bonds is 5. The Hall–Kier alpha value is -2.30. The molecule has 0 radical (unpaired) electrons. The van der Waals surface area contributed by atoms with E-state index in [1.807, 2.05) is 0 Å². The van der Waals surface area contributed by atoms with Crippen molar-refractivity contribution in [1.29, 1.82) is 0 Å². The SMILES string of the molecule is COc1ccc2c(COC(=O)CC3CCCCC3)cc(=O)oc2c1. The first-order valence-electron chi connectivity index (χ1n) is 8.42. The lowest BCUT2D eigenvalue weighted by Crippen LogP contribution is -2.14. The van der Waals surface area contributed by atoms with Gasteiger partial charge in [-0.25, -0.2) is 4.79 Å². The van der Waals surface area contributed by atoms with Gasteiger partial charge in [0.05, 0.1) is 7.11 Å². The molecule has 3 rings (SSSR count). The van der Waals surface area contributed by atoms with Crippen LogP contribution in [0.15, 0.2) is 33.5 Å². The van der Waals surface area contributed by atoms with Crippen LogP contribution in [-0.2, 0) is 16.1 Å². The second-order valence-electron chi connectivity index (χ2n) is 6.32. The first kappa shape index (κ1) is 16.6. The van der Waals surface area contributed by atoms with Crippen LogP contribution >= 0.6 is 0 Å². The summed E-state index contributed by atoms with van der Waals surface area (Å²) in [7, 11) is 1.55. The molecule has 1 saturated carbocycles. The molecule has 5 heteroatoms. The average molecular weight is 330 g/mol. The summed E-state index contributed by atoms with van der Waals surface area (Å²) in [5.74, 6) is 0.849. The molecule has 0 spiro atoms. The molecule has 2 aromatic rings. The monoisotopic (exact) mass is 330 g/mol. The van der Waals surface area contributed by atoms with E-state index in [0.29, 0.717) is 29.2 Å². The highest BCUT2D eigenvalue weighted by molar-refractivity contribution is 5.81. The van der Waals surface area contributed by atoms with Crippen molar-refractivity contribution < 1.29 is 18.7 Å². The minimum atomic E-state index is -0.464. The van der Waals surface area contributed by atoms with E-state index in [1.165, 1.54) is 25.3 Å². The Morgan fingerprint density at radius 3 is 2.75 bits per heavy atom. The van der Waals surface area contributed by atoms with E-state index in [2.05, 4.69) is 0 Å². The smallest absolute Gasteiger partial charge is 0.336 e. The van der Waals surface area contributed by atoms with E-state index in [9.17, 15) is 9.59 Å². The topological polar surface area (TPSA) is 65.7 Å². The Kier molecular flexibility index (Phi) is 5.18. The molecule has 5 nitrogen and oxygen atoms in total. The highest BCUT2D eigenvalue weighted by Gasteiger charge is 2.18.